The van der Waals surface area contributed by atoms with Crippen molar-refractivity contribution in [1.29, 1.82) is 0 Å². The molecule has 0 amide bonds. The molecule has 0 unspecified atom stereocenters. The van der Waals surface area contributed by atoms with Gasteiger partial charge in [-0.05, 0) is 47.2 Å². The number of nitrogens with zero attached hydrogens (tertiary/aromatic N) is 2. The van der Waals surface area contributed by atoms with E-state index in [0.717, 1.165) is 39.0 Å². The van der Waals surface area contributed by atoms with Crippen molar-refractivity contribution >= 4 is 33.2 Å². The smallest absolute Gasteiger partial charge is 0.214 e. The Morgan fingerprint density at radius 3 is 0.985 bits per heavy atom. The van der Waals surface area contributed by atoms with Gasteiger partial charge in [0.2, 0.25) is 11.0 Å². The zero-order valence-corrected chi connectivity index (χ0v) is 43.3. The van der Waals surface area contributed by atoms with Crippen LogP contribution in [0, 0.1) is 13.8 Å². The molecule has 0 saturated carbocycles. The maximum Gasteiger partial charge on any atom is 0.214 e. The molecule has 2 heterocycles. The van der Waals surface area contributed by atoms with Gasteiger partial charge in [-0.1, -0.05) is 184 Å². The average molecular weight is 1100 g/mol. The largest absolute Gasteiger partial charge is 1.00 e. The number of aryl methyl sites for hydroxylation is 4. The maximum absolute atomic E-state index is 3.83. The monoisotopic (exact) mass is 1100 g/mol. The maximum atomic E-state index is 3.83. The summed E-state index contributed by atoms with van der Waals surface area (Å²) in [4.78, 5) is 0. The van der Waals surface area contributed by atoms with Gasteiger partial charge in [-0.25, -0.2) is 0 Å². The van der Waals surface area contributed by atoms with E-state index in [4.69, 9.17) is 0 Å². The molecule has 8 aromatic rings. The van der Waals surface area contributed by atoms with Crippen molar-refractivity contribution in [2.45, 2.75) is 103 Å². The van der Waals surface area contributed by atoms with Crippen molar-refractivity contribution in [2.75, 3.05) is 23.7 Å². The molecule has 0 fully saturated rings. The van der Waals surface area contributed by atoms with E-state index in [-0.39, 0.29) is 48.0 Å². The third-order valence-corrected chi connectivity index (χ3v) is 13.4. The summed E-state index contributed by atoms with van der Waals surface area (Å²) in [6.07, 6.45) is 12.3. The van der Waals surface area contributed by atoms with Crippen molar-refractivity contribution in [1.82, 2.24) is 0 Å². The van der Waals surface area contributed by atoms with Gasteiger partial charge in [0.15, 0.2) is 11.4 Å². The Morgan fingerprint density at radius 1 is 0.364 bits per heavy atom. The number of benzene rings is 6. The number of anilines is 2. The fraction of sp³-hybridized carbons (Fsp3) is 0.300. The van der Waals surface area contributed by atoms with Gasteiger partial charge in [0.1, 0.15) is 13.1 Å². The Labute approximate surface area is 429 Å². The third kappa shape index (κ3) is 13.4. The minimum Gasteiger partial charge on any atom is -1.00 e. The van der Waals surface area contributed by atoms with E-state index in [0.29, 0.717) is 11.8 Å². The van der Waals surface area contributed by atoms with Crippen molar-refractivity contribution in [3.63, 3.8) is 0 Å². The van der Waals surface area contributed by atoms with Gasteiger partial charge in [0.05, 0.1) is 22.1 Å². The summed E-state index contributed by atoms with van der Waals surface area (Å²) in [5, 5.41) is 10.3. The van der Waals surface area contributed by atoms with Crippen LogP contribution in [0.25, 0.3) is 21.8 Å². The molecule has 6 heteroatoms. The second kappa shape index (κ2) is 26.5. The van der Waals surface area contributed by atoms with E-state index in [2.05, 4.69) is 216 Å². The van der Waals surface area contributed by atoms with Gasteiger partial charge in [0.25, 0.3) is 0 Å². The normalized spacial score (nSPS) is 11.2. The molecule has 0 aliphatic rings. The molecule has 0 atom stereocenters. The average Bonchev–Trinajstić information content (AvgIpc) is 3.34. The Hall–Kier alpha value is -4.80. The summed E-state index contributed by atoms with van der Waals surface area (Å²) in [5.41, 5.74) is 13.3. The summed E-state index contributed by atoms with van der Waals surface area (Å²) in [5.74, 6) is 0.718. The zero-order chi connectivity index (χ0) is 43.8. The van der Waals surface area contributed by atoms with Crippen molar-refractivity contribution < 1.29 is 57.1 Å². The van der Waals surface area contributed by atoms with E-state index in [1.54, 1.807) is 0 Å². The van der Waals surface area contributed by atoms with Gasteiger partial charge in [0, 0.05) is 75.9 Å². The molecule has 6 aromatic carbocycles. The first kappa shape index (κ1) is 50.6. The summed E-state index contributed by atoms with van der Waals surface area (Å²) in [6.45, 7) is 8.49. The number of halogens is 2. The van der Waals surface area contributed by atoms with Crippen LogP contribution < -0.4 is 67.7 Å². The highest BCUT2D eigenvalue weighted by Crippen LogP contribution is 2.31. The highest BCUT2D eigenvalue weighted by atomic mass is 127. The molecule has 0 aliphatic carbocycles. The number of unbranched alkanes of at least 4 members (excludes halogenated alkanes) is 7. The Kier molecular flexibility index (Phi) is 20.3. The van der Waals surface area contributed by atoms with E-state index in [1.807, 2.05) is 0 Å². The summed E-state index contributed by atoms with van der Waals surface area (Å²) >= 11 is 0. The van der Waals surface area contributed by atoms with Gasteiger partial charge in [-0.3, -0.25) is 0 Å². The minimum absolute atomic E-state index is 0. The first-order valence-corrected chi connectivity index (χ1v) is 24.2. The summed E-state index contributed by atoms with van der Waals surface area (Å²) in [7, 11) is 0. The van der Waals surface area contributed by atoms with E-state index >= 15 is 0 Å². The molecule has 0 aliphatic heterocycles. The highest BCUT2D eigenvalue weighted by molar-refractivity contribution is 5.90. The van der Waals surface area contributed by atoms with Crippen LogP contribution in [0.5, 0.6) is 0 Å². The van der Waals surface area contributed by atoms with E-state index in [9.17, 15) is 0 Å². The quantitative estimate of drug-likeness (QED) is 0.0385. The van der Waals surface area contributed by atoms with Crippen LogP contribution in [0.15, 0.2) is 182 Å². The second-order valence-corrected chi connectivity index (χ2v) is 17.7. The topological polar surface area (TPSA) is 31.8 Å². The summed E-state index contributed by atoms with van der Waals surface area (Å²) in [6, 6.07) is 66.6. The van der Waals surface area contributed by atoms with Crippen LogP contribution in [-0.4, -0.2) is 13.1 Å². The number of aromatic nitrogens is 2. The van der Waals surface area contributed by atoms with Crippen LogP contribution >= 0.6 is 0 Å². The molecule has 66 heavy (non-hydrogen) atoms. The molecule has 0 radical (unpaired) electrons. The number of para-hydroxylation sites is 2. The molecule has 4 nitrogen and oxygen atoms in total. The molecule has 8 rings (SSSR count). The molecule has 0 saturated heterocycles. The van der Waals surface area contributed by atoms with Crippen LogP contribution in [0.2, 0.25) is 0 Å². The van der Waals surface area contributed by atoms with Gasteiger partial charge >= 0.3 is 0 Å². The fourth-order valence-electron chi connectivity index (χ4n) is 9.93. The van der Waals surface area contributed by atoms with Crippen LogP contribution in [0.3, 0.4) is 0 Å². The lowest BCUT2D eigenvalue weighted by Crippen LogP contribution is -3.00. The Balaban J connectivity index is 0.00000360. The predicted octanol–water partition coefficient (Wildman–Crippen LogP) is 8.28. The fourth-order valence-corrected chi connectivity index (χ4v) is 9.93. The van der Waals surface area contributed by atoms with Crippen molar-refractivity contribution in [3.05, 3.63) is 216 Å². The zero-order valence-electron chi connectivity index (χ0n) is 39.0. The number of rotatable bonds is 23. The Bertz CT molecular complexity index is 2390. The van der Waals surface area contributed by atoms with Crippen LogP contribution in [-0.2, 0) is 13.1 Å². The molecule has 2 aromatic heterocycles. The molecule has 0 bridgehead atoms. The van der Waals surface area contributed by atoms with Crippen molar-refractivity contribution in [2.24, 2.45) is 0 Å². The minimum atomic E-state index is 0. The van der Waals surface area contributed by atoms with Crippen LogP contribution in [0.4, 0.5) is 11.4 Å². The lowest BCUT2D eigenvalue weighted by molar-refractivity contribution is -0.678. The standard InChI is InChI=1S/C60H66N4.2HI/c1-47-45-57(55-35-21-23-37-59(55)63(47)43-39-53(49-27-13-9-14-28-49)50-29-15-10-16-30-50)61-41-25-7-5-3-4-6-8-26-42-62-58-46-48(2)64(60-38-24-22-36-56(58)60)44-40-54(51-31-17-11-18-32-51)52-33-19-12-20-34-52;;/h9-24,27-38,45-46,53-54H,3-8,25-26,39-44H2,1-2H3;2*1H. The molecular weight excluding hydrogens is 1030 g/mol. The lowest BCUT2D eigenvalue weighted by atomic mass is 9.88. The number of pyridine rings is 2. The number of nitrogens with one attached hydrogen (secondary N) is 2. The van der Waals surface area contributed by atoms with Crippen molar-refractivity contribution in [3.8, 4) is 0 Å². The molecule has 342 valence electrons. The molecule has 0 spiro atoms. The number of hydrogen-bond donors (Lipinski definition) is 2. The van der Waals surface area contributed by atoms with E-state index in [1.165, 1.54) is 118 Å². The van der Waals surface area contributed by atoms with Gasteiger partial charge < -0.3 is 58.6 Å². The first-order valence-electron chi connectivity index (χ1n) is 24.2. The third-order valence-electron chi connectivity index (χ3n) is 13.4. The van der Waals surface area contributed by atoms with Gasteiger partial charge in [-0.2, -0.15) is 9.13 Å². The summed E-state index contributed by atoms with van der Waals surface area (Å²) < 4.78 is 5.04. The number of fused-ring (bicyclic) bond motifs is 2. The number of hydrogen-bond acceptors (Lipinski definition) is 2. The molecular formula is C60H68I2N4. The predicted molar refractivity (Wildman–Crippen MR) is 270 cm³/mol. The Morgan fingerprint density at radius 2 is 0.652 bits per heavy atom. The van der Waals surface area contributed by atoms with Crippen LogP contribution in [0.1, 0.15) is 110 Å². The highest BCUT2D eigenvalue weighted by Gasteiger charge is 2.23. The molecule has 2 N–H and O–H groups in total. The second-order valence-electron chi connectivity index (χ2n) is 17.7. The van der Waals surface area contributed by atoms with Gasteiger partial charge in [-0.15, -0.1) is 0 Å². The lowest BCUT2D eigenvalue weighted by Gasteiger charge is -2.18. The SMILES string of the molecule is Cc1cc(NCCCCCCCCCCNc2cc(C)[n+](CCC(c3ccccc3)c3ccccc3)c3ccccc23)c2ccccc2[n+]1CCC(c1ccccc1)c1ccccc1.[I-].[I-]. The van der Waals surface area contributed by atoms with E-state index < -0.39 is 0 Å². The first-order chi connectivity index (χ1) is 31.6.